The number of hydrogen-bond donors (Lipinski definition) is 1. The van der Waals surface area contributed by atoms with Gasteiger partial charge in [0.25, 0.3) is 0 Å². The first-order valence-electron chi connectivity index (χ1n) is 9.48. The fourth-order valence-corrected chi connectivity index (χ4v) is 3.59. The Balaban J connectivity index is 1.38. The molecule has 0 unspecified atom stereocenters. The topological polar surface area (TPSA) is 63.7 Å². The lowest BCUT2D eigenvalue weighted by atomic mass is 10.1. The van der Waals surface area contributed by atoms with E-state index in [1.54, 1.807) is 11.9 Å². The highest BCUT2D eigenvalue weighted by Crippen LogP contribution is 2.33. The minimum absolute atomic E-state index is 0.0843. The van der Waals surface area contributed by atoms with Crippen molar-refractivity contribution >= 4 is 6.03 Å². The van der Waals surface area contributed by atoms with Crippen molar-refractivity contribution in [3.63, 3.8) is 0 Å². The van der Waals surface area contributed by atoms with Gasteiger partial charge in [-0.3, -0.25) is 4.98 Å². The molecule has 0 saturated heterocycles. The normalized spacial score (nSPS) is 15.8. The van der Waals surface area contributed by atoms with Crippen molar-refractivity contribution in [1.82, 2.24) is 15.2 Å². The van der Waals surface area contributed by atoms with Crippen molar-refractivity contribution < 1.29 is 14.3 Å². The minimum Gasteiger partial charge on any atom is -0.486 e. The molecule has 1 aromatic carbocycles. The number of aryl methyl sites for hydroxylation is 2. The van der Waals surface area contributed by atoms with E-state index < -0.39 is 0 Å². The zero-order chi connectivity index (χ0) is 18.8. The van der Waals surface area contributed by atoms with Crippen LogP contribution < -0.4 is 14.8 Å². The molecule has 142 valence electrons. The summed E-state index contributed by atoms with van der Waals surface area (Å²) in [5.74, 6) is 1.50. The van der Waals surface area contributed by atoms with E-state index in [2.05, 4.69) is 16.4 Å². The summed E-state index contributed by atoms with van der Waals surface area (Å²) in [4.78, 5) is 18.8. The number of carbonyl (C=O) groups is 1. The van der Waals surface area contributed by atoms with Gasteiger partial charge >= 0.3 is 6.03 Å². The van der Waals surface area contributed by atoms with E-state index in [4.69, 9.17) is 9.47 Å². The highest BCUT2D eigenvalue weighted by atomic mass is 16.6. The average Bonchev–Trinajstić information content (AvgIpc) is 3.18. The summed E-state index contributed by atoms with van der Waals surface area (Å²) in [6.07, 6.45) is 5.20. The molecule has 0 bridgehead atoms. The van der Waals surface area contributed by atoms with Gasteiger partial charge in [0.05, 0.1) is 6.04 Å². The summed E-state index contributed by atoms with van der Waals surface area (Å²) in [5, 5.41) is 2.99. The molecule has 1 atom stereocenters. The van der Waals surface area contributed by atoms with Crippen LogP contribution in [0.3, 0.4) is 0 Å². The predicted octanol–water partition coefficient (Wildman–Crippen LogP) is 3.24. The van der Waals surface area contributed by atoms with E-state index in [1.807, 2.05) is 31.3 Å². The molecule has 2 aromatic rings. The number of hydrogen-bond acceptors (Lipinski definition) is 4. The third kappa shape index (κ3) is 3.70. The lowest BCUT2D eigenvalue weighted by molar-refractivity contribution is 0.170. The molecule has 1 aromatic heterocycles. The van der Waals surface area contributed by atoms with Crippen LogP contribution in [-0.4, -0.2) is 36.2 Å². The molecule has 0 spiro atoms. The second-order valence-electron chi connectivity index (χ2n) is 7.15. The van der Waals surface area contributed by atoms with E-state index in [0.717, 1.165) is 35.5 Å². The van der Waals surface area contributed by atoms with Crippen LogP contribution in [0.1, 0.15) is 41.8 Å². The maximum Gasteiger partial charge on any atom is 0.317 e. The minimum atomic E-state index is -0.113. The van der Waals surface area contributed by atoms with Crippen LogP contribution in [0.2, 0.25) is 0 Å². The summed E-state index contributed by atoms with van der Waals surface area (Å²) >= 11 is 0. The van der Waals surface area contributed by atoms with Crippen LogP contribution in [0, 0.1) is 0 Å². The predicted molar refractivity (Wildman–Crippen MR) is 102 cm³/mol. The first-order valence-corrected chi connectivity index (χ1v) is 9.48. The summed E-state index contributed by atoms with van der Waals surface area (Å²) in [6, 6.07) is 7.80. The summed E-state index contributed by atoms with van der Waals surface area (Å²) in [7, 11) is 1.80. The Bertz CT molecular complexity index is 853. The number of carbonyl (C=O) groups excluding carboxylic acids is 1. The van der Waals surface area contributed by atoms with Crippen molar-refractivity contribution in [3.8, 4) is 11.5 Å². The quantitative estimate of drug-likeness (QED) is 0.901. The highest BCUT2D eigenvalue weighted by molar-refractivity contribution is 5.74. The van der Waals surface area contributed by atoms with Crippen LogP contribution in [0.4, 0.5) is 4.79 Å². The first-order chi connectivity index (χ1) is 13.1. The average molecular weight is 367 g/mol. The number of ether oxygens (including phenoxy) is 2. The molecule has 2 amide bonds. The Hall–Kier alpha value is -2.76. The van der Waals surface area contributed by atoms with E-state index in [1.165, 1.54) is 17.7 Å². The Morgan fingerprint density at radius 1 is 1.22 bits per heavy atom. The van der Waals surface area contributed by atoms with Crippen LogP contribution in [0.5, 0.6) is 11.5 Å². The lowest BCUT2D eigenvalue weighted by Crippen LogP contribution is -2.38. The number of rotatable bonds is 4. The molecule has 1 aliphatic carbocycles. The zero-order valence-corrected chi connectivity index (χ0v) is 15.8. The van der Waals surface area contributed by atoms with Gasteiger partial charge in [0.15, 0.2) is 11.5 Å². The number of aromatic nitrogens is 1. The molecule has 0 radical (unpaired) electrons. The smallest absolute Gasteiger partial charge is 0.317 e. The molecular weight excluding hydrogens is 342 g/mol. The second-order valence-corrected chi connectivity index (χ2v) is 7.15. The van der Waals surface area contributed by atoms with Gasteiger partial charge in [-0.25, -0.2) is 4.79 Å². The van der Waals surface area contributed by atoms with Crippen LogP contribution in [0.15, 0.2) is 30.5 Å². The van der Waals surface area contributed by atoms with E-state index in [9.17, 15) is 4.79 Å². The van der Waals surface area contributed by atoms with Crippen LogP contribution in [0.25, 0.3) is 0 Å². The Kier molecular flexibility index (Phi) is 4.88. The molecule has 0 fully saturated rings. The molecule has 6 heteroatoms. The van der Waals surface area contributed by atoms with Gasteiger partial charge in [0.1, 0.15) is 13.2 Å². The van der Waals surface area contributed by atoms with Crippen molar-refractivity contribution in [1.29, 1.82) is 0 Å². The lowest BCUT2D eigenvalue weighted by Gasteiger charge is -2.27. The first kappa shape index (κ1) is 17.6. The molecular formula is C21H25N3O3. The zero-order valence-electron chi connectivity index (χ0n) is 15.8. The standard InChI is InChI=1S/C21H25N3O3/c1-14(16-6-7-19-20(11-16)27-9-8-26-19)24(2)21(25)23-13-15-10-17-4-3-5-18(17)22-12-15/h6-7,10-12,14H,3-5,8-9,13H2,1-2H3,(H,23,25)/t14-/m1/s1. The van der Waals surface area contributed by atoms with Gasteiger partial charge < -0.3 is 19.7 Å². The number of nitrogens with one attached hydrogen (secondary N) is 1. The van der Waals surface area contributed by atoms with E-state index in [-0.39, 0.29) is 12.1 Å². The van der Waals surface area contributed by atoms with Gasteiger partial charge in [-0.15, -0.1) is 0 Å². The SMILES string of the molecule is C[C@H](c1ccc2c(c1)OCCO2)N(C)C(=O)NCc1cnc2c(c1)CCC2. The van der Waals surface area contributed by atoms with Crippen molar-refractivity contribution in [2.24, 2.45) is 0 Å². The maximum absolute atomic E-state index is 12.6. The molecule has 2 heterocycles. The van der Waals surface area contributed by atoms with Crippen molar-refractivity contribution in [3.05, 3.63) is 52.8 Å². The van der Waals surface area contributed by atoms with E-state index in [0.29, 0.717) is 19.8 Å². The summed E-state index contributed by atoms with van der Waals surface area (Å²) in [6.45, 7) is 3.61. The number of benzene rings is 1. The fourth-order valence-electron chi connectivity index (χ4n) is 3.59. The molecule has 27 heavy (non-hydrogen) atoms. The van der Waals surface area contributed by atoms with E-state index >= 15 is 0 Å². The third-order valence-corrected chi connectivity index (χ3v) is 5.37. The van der Waals surface area contributed by atoms with Crippen molar-refractivity contribution in [2.45, 2.75) is 38.8 Å². The number of fused-ring (bicyclic) bond motifs is 2. The summed E-state index contributed by atoms with van der Waals surface area (Å²) in [5.41, 5.74) is 4.58. The molecule has 1 aliphatic heterocycles. The van der Waals surface area contributed by atoms with Crippen LogP contribution >= 0.6 is 0 Å². The Morgan fingerprint density at radius 3 is 2.89 bits per heavy atom. The van der Waals surface area contributed by atoms with Gasteiger partial charge in [-0.05, 0) is 55.0 Å². The molecule has 4 rings (SSSR count). The third-order valence-electron chi connectivity index (χ3n) is 5.37. The van der Waals surface area contributed by atoms with Crippen LogP contribution in [-0.2, 0) is 19.4 Å². The maximum atomic E-state index is 12.6. The highest BCUT2D eigenvalue weighted by Gasteiger charge is 2.20. The van der Waals surface area contributed by atoms with Gasteiger partial charge in [-0.2, -0.15) is 0 Å². The van der Waals surface area contributed by atoms with Gasteiger partial charge in [-0.1, -0.05) is 12.1 Å². The van der Waals surface area contributed by atoms with Gasteiger partial charge in [0.2, 0.25) is 0 Å². The molecule has 1 N–H and O–H groups in total. The number of amides is 2. The Labute approximate surface area is 159 Å². The number of urea groups is 1. The summed E-state index contributed by atoms with van der Waals surface area (Å²) < 4.78 is 11.2. The van der Waals surface area contributed by atoms with Gasteiger partial charge in [0, 0.05) is 25.5 Å². The fraction of sp³-hybridized carbons (Fsp3) is 0.429. The Morgan fingerprint density at radius 2 is 2.04 bits per heavy atom. The number of nitrogens with zero attached hydrogens (tertiary/aromatic N) is 2. The number of pyridine rings is 1. The molecule has 0 saturated carbocycles. The molecule has 2 aliphatic rings. The monoisotopic (exact) mass is 367 g/mol. The largest absolute Gasteiger partial charge is 0.486 e. The van der Waals surface area contributed by atoms with Crippen molar-refractivity contribution in [2.75, 3.05) is 20.3 Å². The molecule has 6 nitrogen and oxygen atoms in total. The second kappa shape index (κ2) is 7.47.